The summed E-state index contributed by atoms with van der Waals surface area (Å²) in [5.74, 6) is 0.540. The van der Waals surface area contributed by atoms with Crippen molar-refractivity contribution in [1.82, 2.24) is 4.98 Å². The highest BCUT2D eigenvalue weighted by Crippen LogP contribution is 2.33. The minimum Gasteiger partial charge on any atom is -0.451 e. The average molecular weight is 423 g/mol. The molecule has 0 fully saturated rings. The Balaban J connectivity index is 1.61. The molecular formula is C22H18N2O3S2. The van der Waals surface area contributed by atoms with Crippen LogP contribution in [0.1, 0.15) is 39.1 Å². The van der Waals surface area contributed by atoms with Crippen molar-refractivity contribution in [1.29, 1.82) is 0 Å². The number of carbonyl (C=O) groups is 2. The van der Waals surface area contributed by atoms with E-state index < -0.39 is 0 Å². The second-order valence-corrected chi connectivity index (χ2v) is 8.62. The molecule has 0 aliphatic heterocycles. The third-order valence-corrected chi connectivity index (χ3v) is 6.56. The highest BCUT2D eigenvalue weighted by molar-refractivity contribution is 8.00. The van der Waals surface area contributed by atoms with Gasteiger partial charge in [0.1, 0.15) is 9.92 Å². The molecule has 0 radical (unpaired) electrons. The molecule has 7 heteroatoms. The molecule has 1 amide bonds. The fraction of sp³-hybridized carbons (Fsp3) is 0.136. The number of hydrogen-bond donors (Lipinski definition) is 1. The molecule has 0 bridgehead atoms. The third-order valence-electron chi connectivity index (χ3n) is 4.39. The topological polar surface area (TPSA) is 72.2 Å². The van der Waals surface area contributed by atoms with E-state index in [0.717, 1.165) is 21.0 Å². The summed E-state index contributed by atoms with van der Waals surface area (Å²) in [6.45, 7) is 3.47. The molecule has 4 rings (SSSR count). The fourth-order valence-electron chi connectivity index (χ4n) is 2.93. The third kappa shape index (κ3) is 4.26. The van der Waals surface area contributed by atoms with Crippen LogP contribution < -0.4 is 5.32 Å². The molecule has 2 aromatic heterocycles. The van der Waals surface area contributed by atoms with E-state index in [4.69, 9.17) is 4.42 Å². The van der Waals surface area contributed by atoms with Gasteiger partial charge in [0.15, 0.2) is 11.5 Å². The van der Waals surface area contributed by atoms with Crippen molar-refractivity contribution in [3.63, 3.8) is 0 Å². The fourth-order valence-corrected chi connectivity index (χ4v) is 4.81. The maximum atomic E-state index is 12.9. The molecule has 5 nitrogen and oxygen atoms in total. The van der Waals surface area contributed by atoms with E-state index >= 15 is 0 Å². The summed E-state index contributed by atoms with van der Waals surface area (Å²) in [5, 5.41) is 5.79. The lowest BCUT2D eigenvalue weighted by Crippen LogP contribution is -2.13. The van der Waals surface area contributed by atoms with Crippen LogP contribution in [0.2, 0.25) is 0 Å². The number of para-hydroxylation sites is 1. The van der Waals surface area contributed by atoms with Crippen molar-refractivity contribution in [3.05, 3.63) is 76.5 Å². The number of rotatable bonds is 6. The number of carbonyl (C=O) groups excluding carboxylic acids is 2. The minimum absolute atomic E-state index is 0.0168. The molecule has 0 unspecified atom stereocenters. The van der Waals surface area contributed by atoms with Crippen molar-refractivity contribution in [3.8, 4) is 0 Å². The van der Waals surface area contributed by atoms with Crippen LogP contribution in [0.5, 0.6) is 0 Å². The summed E-state index contributed by atoms with van der Waals surface area (Å²) < 4.78 is 6.85. The van der Waals surface area contributed by atoms with Gasteiger partial charge in [-0.15, -0.1) is 11.3 Å². The maximum absolute atomic E-state index is 12.9. The Hall–Kier alpha value is -2.90. The normalized spacial score (nSPS) is 11.0. The van der Waals surface area contributed by atoms with Crippen LogP contribution in [0.3, 0.4) is 0 Å². The molecule has 0 saturated heterocycles. The number of fused-ring (bicyclic) bond motifs is 1. The summed E-state index contributed by atoms with van der Waals surface area (Å²) in [6, 6.07) is 14.4. The standard InChI is InChI=1S/C22H18N2O3S2/c1-13-11-28-22(23-13)29-12-18-17-5-3-4-6-19(17)27-20(18)21(26)24-16-9-7-15(8-10-16)14(2)25/h3-11H,12H2,1-2H3,(H,24,26). The molecule has 0 aliphatic carbocycles. The number of nitrogens with one attached hydrogen (secondary N) is 1. The molecule has 0 saturated carbocycles. The average Bonchev–Trinajstić information content (AvgIpc) is 3.30. The molecule has 29 heavy (non-hydrogen) atoms. The Morgan fingerprint density at radius 1 is 1.14 bits per heavy atom. The lowest BCUT2D eigenvalue weighted by Gasteiger charge is -2.06. The first-order valence-corrected chi connectivity index (χ1v) is 10.9. The Morgan fingerprint density at radius 3 is 2.59 bits per heavy atom. The van der Waals surface area contributed by atoms with Crippen molar-refractivity contribution < 1.29 is 14.0 Å². The van der Waals surface area contributed by atoms with Gasteiger partial charge in [-0.1, -0.05) is 30.0 Å². The van der Waals surface area contributed by atoms with Crippen molar-refractivity contribution >= 4 is 51.4 Å². The highest BCUT2D eigenvalue weighted by Gasteiger charge is 2.21. The van der Waals surface area contributed by atoms with E-state index in [1.165, 1.54) is 6.92 Å². The number of amides is 1. The van der Waals surface area contributed by atoms with E-state index in [1.807, 2.05) is 36.6 Å². The van der Waals surface area contributed by atoms with Crippen molar-refractivity contribution in [2.75, 3.05) is 5.32 Å². The Morgan fingerprint density at radius 2 is 1.90 bits per heavy atom. The molecule has 2 heterocycles. The van der Waals surface area contributed by atoms with Crippen LogP contribution >= 0.6 is 23.1 Å². The Labute approximate surface area is 176 Å². The summed E-state index contributed by atoms with van der Waals surface area (Å²) >= 11 is 3.18. The van der Waals surface area contributed by atoms with Gasteiger partial charge in [-0.25, -0.2) is 4.98 Å². The maximum Gasteiger partial charge on any atom is 0.291 e. The smallest absolute Gasteiger partial charge is 0.291 e. The van der Waals surface area contributed by atoms with Crippen LogP contribution in [-0.4, -0.2) is 16.7 Å². The molecule has 146 valence electrons. The van der Waals surface area contributed by atoms with Gasteiger partial charge in [0.25, 0.3) is 5.91 Å². The van der Waals surface area contributed by atoms with E-state index in [2.05, 4.69) is 10.3 Å². The number of anilines is 1. The summed E-state index contributed by atoms with van der Waals surface area (Å²) in [5.41, 5.74) is 3.71. The van der Waals surface area contributed by atoms with Gasteiger partial charge in [-0.05, 0) is 44.2 Å². The number of thioether (sulfide) groups is 1. The number of thiazole rings is 1. The Kier molecular flexibility index (Phi) is 5.51. The SMILES string of the molecule is CC(=O)c1ccc(NC(=O)c2oc3ccccc3c2CSc2nc(C)cs2)cc1. The molecule has 0 spiro atoms. The lowest BCUT2D eigenvalue weighted by molar-refractivity contribution is 0.0995. The number of Topliss-reactive ketones (excluding diaryl/α,β-unsaturated/α-hetero) is 1. The second kappa shape index (κ2) is 8.23. The highest BCUT2D eigenvalue weighted by atomic mass is 32.2. The zero-order valence-corrected chi connectivity index (χ0v) is 17.5. The first kappa shape index (κ1) is 19.4. The number of hydrogen-bond acceptors (Lipinski definition) is 6. The number of furan rings is 1. The lowest BCUT2D eigenvalue weighted by atomic mass is 10.1. The molecule has 1 N–H and O–H groups in total. The first-order chi connectivity index (χ1) is 14.0. The van der Waals surface area contributed by atoms with Gasteiger partial charge in [0, 0.05) is 39.0 Å². The van der Waals surface area contributed by atoms with E-state index in [9.17, 15) is 9.59 Å². The zero-order valence-electron chi connectivity index (χ0n) is 15.9. The first-order valence-electron chi connectivity index (χ1n) is 8.99. The van der Waals surface area contributed by atoms with Crippen LogP contribution in [0.15, 0.2) is 62.7 Å². The molecular weight excluding hydrogens is 404 g/mol. The van der Waals surface area contributed by atoms with Crippen LogP contribution in [-0.2, 0) is 5.75 Å². The second-order valence-electron chi connectivity index (χ2n) is 6.54. The molecule has 0 aliphatic rings. The van der Waals surface area contributed by atoms with E-state index in [-0.39, 0.29) is 11.7 Å². The number of aromatic nitrogens is 1. The van der Waals surface area contributed by atoms with Crippen LogP contribution in [0, 0.1) is 6.92 Å². The van der Waals surface area contributed by atoms with Crippen molar-refractivity contribution in [2.24, 2.45) is 0 Å². The summed E-state index contributed by atoms with van der Waals surface area (Å²) in [6.07, 6.45) is 0. The van der Waals surface area contributed by atoms with Gasteiger partial charge in [-0.2, -0.15) is 0 Å². The summed E-state index contributed by atoms with van der Waals surface area (Å²) in [4.78, 5) is 28.8. The predicted molar refractivity (Wildman–Crippen MR) is 117 cm³/mol. The number of aryl methyl sites for hydroxylation is 1. The van der Waals surface area contributed by atoms with Crippen molar-refractivity contribution in [2.45, 2.75) is 23.9 Å². The van der Waals surface area contributed by atoms with Gasteiger partial charge in [-0.3, -0.25) is 9.59 Å². The van der Waals surface area contributed by atoms with E-state index in [1.54, 1.807) is 47.4 Å². The van der Waals surface area contributed by atoms with Gasteiger partial charge >= 0.3 is 0 Å². The predicted octanol–water partition coefficient (Wildman–Crippen LogP) is 5.94. The number of nitrogens with zero attached hydrogens (tertiary/aromatic N) is 1. The monoisotopic (exact) mass is 422 g/mol. The Bertz CT molecular complexity index is 1190. The van der Waals surface area contributed by atoms with Crippen LogP contribution in [0.25, 0.3) is 11.0 Å². The summed E-state index contributed by atoms with van der Waals surface area (Å²) in [7, 11) is 0. The van der Waals surface area contributed by atoms with Crippen LogP contribution in [0.4, 0.5) is 5.69 Å². The quantitative estimate of drug-likeness (QED) is 0.307. The van der Waals surface area contributed by atoms with Gasteiger partial charge in [0.2, 0.25) is 0 Å². The molecule has 4 aromatic rings. The van der Waals surface area contributed by atoms with E-state index in [0.29, 0.717) is 28.3 Å². The molecule has 0 atom stereocenters. The largest absolute Gasteiger partial charge is 0.451 e. The van der Waals surface area contributed by atoms with Gasteiger partial charge < -0.3 is 9.73 Å². The minimum atomic E-state index is -0.317. The molecule has 2 aromatic carbocycles. The number of ketones is 1. The zero-order chi connectivity index (χ0) is 20.4. The number of benzene rings is 2. The van der Waals surface area contributed by atoms with Gasteiger partial charge in [0.05, 0.1) is 0 Å².